The van der Waals surface area contributed by atoms with Crippen LogP contribution in [0.15, 0.2) is 0 Å². The summed E-state index contributed by atoms with van der Waals surface area (Å²) in [5.41, 5.74) is 5.32. The zero-order valence-electron chi connectivity index (χ0n) is 10.7. The van der Waals surface area contributed by atoms with Crippen LogP contribution in [-0.4, -0.2) is 49.6 Å². The number of sulfonamides is 1. The predicted molar refractivity (Wildman–Crippen MR) is 68.3 cm³/mol. The third-order valence-electron chi connectivity index (χ3n) is 3.85. The first-order chi connectivity index (χ1) is 8.37. The minimum Gasteiger partial charge on any atom is -0.348 e. The Labute approximate surface area is 108 Å². The van der Waals surface area contributed by atoms with Crippen LogP contribution in [-0.2, 0) is 14.8 Å². The average Bonchev–Trinajstić information content (AvgIpc) is 3.07. The van der Waals surface area contributed by atoms with Crippen molar-refractivity contribution in [1.82, 2.24) is 9.62 Å². The quantitative estimate of drug-likeness (QED) is 0.691. The van der Waals surface area contributed by atoms with Crippen LogP contribution in [0, 0.1) is 5.92 Å². The second kappa shape index (κ2) is 4.79. The first kappa shape index (κ1) is 13.8. The summed E-state index contributed by atoms with van der Waals surface area (Å²) in [5, 5.41) is 2.90. The fraction of sp³-hybridized carbons (Fsp3) is 0.909. The zero-order valence-corrected chi connectivity index (χ0v) is 11.5. The maximum absolute atomic E-state index is 11.9. The highest BCUT2D eigenvalue weighted by Gasteiger charge is 2.42. The molecule has 0 radical (unpaired) electrons. The van der Waals surface area contributed by atoms with Crippen molar-refractivity contribution in [2.45, 2.75) is 31.7 Å². The summed E-state index contributed by atoms with van der Waals surface area (Å²) in [5.74, 6) is 0.332. The maximum atomic E-state index is 11.9. The normalized spacial score (nSPS) is 26.8. The van der Waals surface area contributed by atoms with Crippen molar-refractivity contribution in [3.63, 3.8) is 0 Å². The largest absolute Gasteiger partial charge is 0.348 e. The van der Waals surface area contributed by atoms with Gasteiger partial charge in [-0.05, 0) is 32.1 Å². The first-order valence-corrected chi connectivity index (χ1v) is 7.97. The highest BCUT2D eigenvalue weighted by atomic mass is 32.2. The Balaban J connectivity index is 1.92. The van der Waals surface area contributed by atoms with Crippen molar-refractivity contribution in [1.29, 1.82) is 0 Å². The van der Waals surface area contributed by atoms with Gasteiger partial charge < -0.3 is 11.1 Å². The Hall–Kier alpha value is -0.660. The fourth-order valence-electron chi connectivity index (χ4n) is 2.43. The molecule has 0 aromatic rings. The van der Waals surface area contributed by atoms with Gasteiger partial charge in [-0.15, -0.1) is 0 Å². The van der Waals surface area contributed by atoms with E-state index in [1.807, 2.05) is 6.92 Å². The van der Waals surface area contributed by atoms with E-state index in [0.29, 0.717) is 25.4 Å². The molecule has 6 nitrogen and oxygen atoms in total. The second-order valence-corrected chi connectivity index (χ2v) is 7.54. The minimum absolute atomic E-state index is 0.0787. The number of amides is 1. The second-order valence-electron chi connectivity index (χ2n) is 5.45. The van der Waals surface area contributed by atoms with E-state index >= 15 is 0 Å². The van der Waals surface area contributed by atoms with E-state index < -0.39 is 10.0 Å². The Morgan fingerprint density at radius 3 is 2.61 bits per heavy atom. The third kappa shape index (κ3) is 2.84. The van der Waals surface area contributed by atoms with Crippen molar-refractivity contribution in [2.75, 3.05) is 25.4 Å². The number of nitrogens with two attached hydrogens (primary N) is 1. The Bertz CT molecular complexity index is 433. The molecule has 7 heteroatoms. The molecule has 1 saturated carbocycles. The van der Waals surface area contributed by atoms with E-state index in [1.54, 1.807) is 0 Å². The molecule has 1 saturated heterocycles. The van der Waals surface area contributed by atoms with Gasteiger partial charge in [0, 0.05) is 13.1 Å². The van der Waals surface area contributed by atoms with Crippen molar-refractivity contribution >= 4 is 15.9 Å². The number of rotatable bonds is 5. The number of nitrogens with one attached hydrogen (secondary N) is 1. The van der Waals surface area contributed by atoms with Crippen LogP contribution in [0.1, 0.15) is 26.2 Å². The lowest BCUT2D eigenvalue weighted by Gasteiger charge is -2.30. The van der Waals surface area contributed by atoms with Crippen molar-refractivity contribution in [2.24, 2.45) is 11.7 Å². The molecule has 2 aliphatic rings. The number of carbonyl (C=O) groups is 1. The number of hydrogen-bond acceptors (Lipinski definition) is 4. The average molecular weight is 275 g/mol. The molecular formula is C11H21N3O3S. The number of nitrogens with zero attached hydrogens (tertiary/aromatic N) is 1. The van der Waals surface area contributed by atoms with Gasteiger partial charge in [0.15, 0.2) is 0 Å². The van der Waals surface area contributed by atoms with Gasteiger partial charge in [0.25, 0.3) is 0 Å². The predicted octanol–water partition coefficient (Wildman–Crippen LogP) is -0.734. The van der Waals surface area contributed by atoms with Gasteiger partial charge in [-0.25, -0.2) is 8.42 Å². The Morgan fingerprint density at radius 1 is 1.50 bits per heavy atom. The molecule has 1 unspecified atom stereocenters. The summed E-state index contributed by atoms with van der Waals surface area (Å²) in [6, 6.07) is 0. The van der Waals surface area contributed by atoms with Gasteiger partial charge in [0.2, 0.25) is 15.9 Å². The Morgan fingerprint density at radius 2 is 2.17 bits per heavy atom. The van der Waals surface area contributed by atoms with Gasteiger partial charge in [-0.3, -0.25) is 4.79 Å². The lowest BCUT2D eigenvalue weighted by molar-refractivity contribution is -0.123. The highest BCUT2D eigenvalue weighted by Crippen LogP contribution is 2.38. The van der Waals surface area contributed by atoms with Crippen molar-refractivity contribution in [3.05, 3.63) is 0 Å². The molecule has 0 aromatic carbocycles. The lowest BCUT2D eigenvalue weighted by Crippen LogP contribution is -2.55. The number of hydrogen-bond donors (Lipinski definition) is 2. The Kier molecular flexibility index (Phi) is 3.66. The molecule has 1 heterocycles. The standard InChI is InChI=1S/C11H21N3O3S/c1-11(8-12,9-3-4-9)13-10(15)7-14-5-2-6-18(14,16)17/h9H,2-8,12H2,1H3,(H,13,15). The van der Waals surface area contributed by atoms with Gasteiger partial charge in [0.1, 0.15) is 0 Å². The summed E-state index contributed by atoms with van der Waals surface area (Å²) < 4.78 is 24.5. The zero-order chi connectivity index (χ0) is 13.4. The summed E-state index contributed by atoms with van der Waals surface area (Å²) in [4.78, 5) is 11.9. The molecule has 104 valence electrons. The summed E-state index contributed by atoms with van der Waals surface area (Å²) in [6.45, 7) is 2.68. The molecule has 2 fully saturated rings. The highest BCUT2D eigenvalue weighted by molar-refractivity contribution is 7.89. The summed E-state index contributed by atoms with van der Waals surface area (Å²) >= 11 is 0. The molecule has 1 amide bonds. The van der Waals surface area contributed by atoms with Gasteiger partial charge in [0.05, 0.1) is 17.8 Å². The van der Waals surface area contributed by atoms with Crippen LogP contribution in [0.4, 0.5) is 0 Å². The SMILES string of the molecule is CC(CN)(NC(=O)CN1CCCS1(=O)=O)C1CC1. The van der Waals surface area contributed by atoms with E-state index in [4.69, 9.17) is 5.73 Å². The topological polar surface area (TPSA) is 92.5 Å². The maximum Gasteiger partial charge on any atom is 0.235 e. The van der Waals surface area contributed by atoms with E-state index in [1.165, 1.54) is 4.31 Å². The van der Waals surface area contributed by atoms with E-state index in [-0.39, 0.29) is 23.7 Å². The van der Waals surface area contributed by atoms with Gasteiger partial charge in [-0.2, -0.15) is 4.31 Å². The van der Waals surface area contributed by atoms with Crippen LogP contribution in [0.3, 0.4) is 0 Å². The molecule has 2 rings (SSSR count). The molecule has 1 aliphatic heterocycles. The van der Waals surface area contributed by atoms with Gasteiger partial charge >= 0.3 is 0 Å². The van der Waals surface area contributed by atoms with Crippen molar-refractivity contribution < 1.29 is 13.2 Å². The molecule has 18 heavy (non-hydrogen) atoms. The minimum atomic E-state index is -3.21. The number of carbonyl (C=O) groups excluding carboxylic acids is 1. The summed E-state index contributed by atoms with van der Waals surface area (Å²) in [7, 11) is -3.21. The molecule has 0 aromatic heterocycles. The fourth-order valence-corrected chi connectivity index (χ4v) is 3.90. The monoisotopic (exact) mass is 275 g/mol. The van der Waals surface area contributed by atoms with E-state index in [2.05, 4.69) is 5.32 Å². The van der Waals surface area contributed by atoms with Crippen LogP contribution >= 0.6 is 0 Å². The first-order valence-electron chi connectivity index (χ1n) is 6.36. The van der Waals surface area contributed by atoms with Crippen LogP contribution in [0.2, 0.25) is 0 Å². The smallest absolute Gasteiger partial charge is 0.235 e. The van der Waals surface area contributed by atoms with Crippen LogP contribution < -0.4 is 11.1 Å². The molecule has 1 aliphatic carbocycles. The van der Waals surface area contributed by atoms with E-state index in [0.717, 1.165) is 12.8 Å². The van der Waals surface area contributed by atoms with Gasteiger partial charge in [-0.1, -0.05) is 0 Å². The molecule has 1 atom stereocenters. The molecule has 0 bridgehead atoms. The third-order valence-corrected chi connectivity index (χ3v) is 5.75. The molecule has 3 N–H and O–H groups in total. The van der Waals surface area contributed by atoms with Crippen LogP contribution in [0.5, 0.6) is 0 Å². The van der Waals surface area contributed by atoms with Crippen LogP contribution in [0.25, 0.3) is 0 Å². The van der Waals surface area contributed by atoms with Crippen molar-refractivity contribution in [3.8, 4) is 0 Å². The lowest BCUT2D eigenvalue weighted by atomic mass is 9.96. The summed E-state index contributed by atoms with van der Waals surface area (Å²) in [6.07, 6.45) is 2.76. The van der Waals surface area contributed by atoms with E-state index in [9.17, 15) is 13.2 Å². The molecular weight excluding hydrogens is 254 g/mol. The molecule has 0 spiro atoms.